The van der Waals surface area contributed by atoms with E-state index in [1.54, 1.807) is 33.1 Å². The molecule has 0 unspecified atom stereocenters. The Morgan fingerprint density at radius 3 is 1.71 bits per heavy atom. The number of halogens is 3. The Labute approximate surface area is 200 Å². The molecule has 0 heterocycles. The minimum absolute atomic E-state index is 0.0955. The second kappa shape index (κ2) is 12.1. The van der Waals surface area contributed by atoms with Crippen molar-refractivity contribution in [3.8, 4) is 11.5 Å². The molecule has 1 N–H and O–H groups in total. The highest BCUT2D eigenvalue weighted by atomic mass is 35.8. The molecule has 0 bridgehead atoms. The first-order valence-electron chi connectivity index (χ1n) is 10.1. The molecule has 0 aromatic heterocycles. The zero-order valence-electron chi connectivity index (χ0n) is 17.9. The molecule has 4 rings (SSSR count). The van der Waals surface area contributed by atoms with Gasteiger partial charge in [0.1, 0.15) is 11.5 Å². The smallest absolute Gasteiger partial charge is 0.508 e. The Morgan fingerprint density at radius 1 is 0.806 bits per heavy atom. The largest absolute Gasteiger partial charge is 0.643 e. The van der Waals surface area contributed by atoms with E-state index in [0.717, 1.165) is 66.5 Å². The molecule has 31 heavy (non-hydrogen) atoms. The van der Waals surface area contributed by atoms with E-state index in [0.29, 0.717) is 5.75 Å². The lowest BCUT2D eigenvalue weighted by Gasteiger charge is -2.09. The predicted octanol–water partition coefficient (Wildman–Crippen LogP) is 6.16. The van der Waals surface area contributed by atoms with E-state index < -0.39 is 11.4 Å². The van der Waals surface area contributed by atoms with Crippen molar-refractivity contribution in [3.63, 3.8) is 0 Å². The number of phenols is 1. The average Bonchev–Trinajstić information content (AvgIpc) is 3.37. The molecule has 2 aliphatic rings. The fourth-order valence-electron chi connectivity index (χ4n) is 4.21. The van der Waals surface area contributed by atoms with Crippen molar-refractivity contribution in [2.45, 2.75) is 52.4 Å². The van der Waals surface area contributed by atoms with Gasteiger partial charge in [-0.15, -0.1) is 0 Å². The van der Waals surface area contributed by atoms with Crippen LogP contribution in [-0.4, -0.2) is 35.2 Å². The summed E-state index contributed by atoms with van der Waals surface area (Å²) >= 11 is -1.72. The lowest BCUT2D eigenvalue weighted by Crippen LogP contribution is -2.00. The molecule has 8 heteroatoms. The number of benzene rings is 2. The maximum atomic E-state index is 11.4. The first kappa shape index (κ1) is 26.0. The summed E-state index contributed by atoms with van der Waals surface area (Å²) in [5.74, 6) is 1.53. The zero-order chi connectivity index (χ0) is 23.1. The molecule has 0 aliphatic heterocycles. The van der Waals surface area contributed by atoms with Crippen molar-refractivity contribution in [3.05, 3.63) is 57.6 Å². The minimum atomic E-state index is -1.72. The Morgan fingerprint density at radius 2 is 1.23 bits per heavy atom. The van der Waals surface area contributed by atoms with Crippen LogP contribution in [-0.2, 0) is 25.7 Å². The number of hydrogen-bond acceptors (Lipinski definition) is 4. The van der Waals surface area contributed by atoms with Crippen LogP contribution in [0.4, 0.5) is 0 Å². The van der Waals surface area contributed by atoms with Crippen molar-refractivity contribution >= 4 is 53.1 Å². The van der Waals surface area contributed by atoms with Gasteiger partial charge in [0.25, 0.3) is 0 Å². The van der Waals surface area contributed by atoms with Gasteiger partial charge in [0.15, 0.2) is 11.6 Å². The summed E-state index contributed by atoms with van der Waals surface area (Å²) in [5.41, 5.74) is 6.14. The Kier molecular flexibility index (Phi) is 10.2. The van der Waals surface area contributed by atoms with Gasteiger partial charge in [0, 0.05) is 11.1 Å². The fraction of sp³-hybridized carbons (Fsp3) is 0.391. The number of phenolic OH excluding ortho intramolecular Hbond substituents is 1. The van der Waals surface area contributed by atoms with Gasteiger partial charge in [-0.05, 0) is 98.9 Å². The molecule has 0 amide bonds. The Balaban J connectivity index is 0.000000189. The topological polar surface area (TPSA) is 63.6 Å². The molecule has 166 valence electrons. The normalized spacial score (nSPS) is 13.1. The van der Waals surface area contributed by atoms with Crippen molar-refractivity contribution in [2.24, 2.45) is 0 Å². The van der Waals surface area contributed by atoms with E-state index in [1.807, 2.05) is 12.1 Å². The van der Waals surface area contributed by atoms with E-state index in [9.17, 15) is 14.7 Å². The van der Waals surface area contributed by atoms with Gasteiger partial charge in [0.2, 0.25) is 0 Å². The highest BCUT2D eigenvalue weighted by Gasteiger charge is 2.21. The molecular weight excluding hydrogens is 474 g/mol. The molecule has 0 saturated heterocycles. The molecule has 2 aromatic carbocycles. The highest BCUT2D eigenvalue weighted by Crippen LogP contribution is 2.33. The summed E-state index contributed by atoms with van der Waals surface area (Å²) in [5, 5.41) is 9.53. The van der Waals surface area contributed by atoms with Gasteiger partial charge in [-0.2, -0.15) is 0 Å². The number of aromatic hydroxyl groups is 1. The number of Topliss-reactive ketones (excluding diaryl/α,β-unsaturated/α-hetero) is 2. The van der Waals surface area contributed by atoms with Crippen LogP contribution < -0.4 is 4.74 Å². The summed E-state index contributed by atoms with van der Waals surface area (Å²) in [6.45, 7) is 3.20. The van der Waals surface area contributed by atoms with Crippen LogP contribution in [0.1, 0.15) is 69.7 Å². The summed E-state index contributed by atoms with van der Waals surface area (Å²) in [7, 11) is 16.5. The number of carbonyl (C=O) groups excluding carboxylic acids is 2. The van der Waals surface area contributed by atoms with Gasteiger partial charge in [-0.3, -0.25) is 9.59 Å². The summed E-state index contributed by atoms with van der Waals surface area (Å²) in [4.78, 5) is 22.6. The molecular formula is C23H26AlCl3O4. The second-order valence-electron chi connectivity index (χ2n) is 7.43. The molecule has 4 nitrogen and oxygen atoms in total. The highest BCUT2D eigenvalue weighted by molar-refractivity contribution is 7.54. The predicted molar refractivity (Wildman–Crippen MR) is 128 cm³/mol. The van der Waals surface area contributed by atoms with E-state index >= 15 is 0 Å². The van der Waals surface area contributed by atoms with E-state index in [-0.39, 0.29) is 11.6 Å². The third-order valence-electron chi connectivity index (χ3n) is 5.48. The summed E-state index contributed by atoms with van der Waals surface area (Å²) in [6.07, 6.45) is 6.07. The van der Waals surface area contributed by atoms with Crippen LogP contribution in [0.15, 0.2) is 24.3 Å². The molecule has 2 aromatic rings. The molecule has 0 radical (unpaired) electrons. The molecule has 2 aliphatic carbocycles. The lowest BCUT2D eigenvalue weighted by molar-refractivity contribution is 0.100. The van der Waals surface area contributed by atoms with E-state index in [4.69, 9.17) is 34.9 Å². The van der Waals surface area contributed by atoms with E-state index in [1.165, 1.54) is 11.1 Å². The SMILES string of the molecule is CC(=O)c1ccc(O)c2c1CCC2.COc1ccc(C(C)=O)c2c1CCC2.[Cl][Al]([Cl])[Cl]. The van der Waals surface area contributed by atoms with Crippen molar-refractivity contribution in [2.75, 3.05) is 7.11 Å². The molecule has 0 spiro atoms. The Hall–Kier alpha value is -1.22. The quantitative estimate of drug-likeness (QED) is 0.406. The van der Waals surface area contributed by atoms with Crippen LogP contribution in [0.3, 0.4) is 0 Å². The van der Waals surface area contributed by atoms with Gasteiger partial charge in [-0.25, -0.2) is 30.1 Å². The maximum absolute atomic E-state index is 11.4. The number of methoxy groups -OCH3 is 1. The zero-order valence-corrected chi connectivity index (χ0v) is 21.4. The van der Waals surface area contributed by atoms with Crippen LogP contribution in [0, 0.1) is 0 Å². The summed E-state index contributed by atoms with van der Waals surface area (Å²) in [6, 6.07) is 7.13. The number of hydrogen-bond donors (Lipinski definition) is 1. The molecule has 0 fully saturated rings. The first-order valence-corrected chi connectivity index (χ1v) is 15.4. The van der Waals surface area contributed by atoms with Crippen LogP contribution in [0.5, 0.6) is 11.5 Å². The van der Waals surface area contributed by atoms with Crippen LogP contribution in [0.25, 0.3) is 0 Å². The van der Waals surface area contributed by atoms with Gasteiger partial charge >= 0.3 is 11.4 Å². The molecule has 0 atom stereocenters. The van der Waals surface area contributed by atoms with Gasteiger partial charge in [0.05, 0.1) is 7.11 Å². The third-order valence-corrected chi connectivity index (χ3v) is 5.48. The maximum Gasteiger partial charge on any atom is 0.643 e. The standard InChI is InChI=1S/C12H14O2.C11H12O2.Al.3ClH/c1-8(13)9-6-7-12(14-2)11-5-3-4-10(9)11;1-7(12)8-5-6-11(13)10-4-2-3-9(8)10;;;;/h6-7H,3-5H2,1-2H3;5-6,13H,2-4H2,1H3;;3*1H/q;;+3;;;/p-3. The Bertz CT molecular complexity index is 958. The monoisotopic (exact) mass is 498 g/mol. The fourth-order valence-corrected chi connectivity index (χ4v) is 4.21. The van der Waals surface area contributed by atoms with Gasteiger partial charge in [-0.1, -0.05) is 0 Å². The molecule has 0 saturated carbocycles. The number of rotatable bonds is 3. The van der Waals surface area contributed by atoms with Crippen molar-refractivity contribution < 1.29 is 19.4 Å². The van der Waals surface area contributed by atoms with Crippen LogP contribution >= 0.6 is 30.1 Å². The second-order valence-corrected chi connectivity index (χ2v) is 13.9. The first-order chi connectivity index (χ1) is 14.7. The summed E-state index contributed by atoms with van der Waals surface area (Å²) < 4.78 is 5.28. The lowest BCUT2D eigenvalue weighted by atomic mass is 10.00. The van der Waals surface area contributed by atoms with Crippen molar-refractivity contribution in [1.82, 2.24) is 0 Å². The number of carbonyl (C=O) groups is 2. The third kappa shape index (κ3) is 6.88. The van der Waals surface area contributed by atoms with Gasteiger partial charge < -0.3 is 9.84 Å². The average molecular weight is 500 g/mol. The minimum Gasteiger partial charge on any atom is -0.508 e. The number of ether oxygens (including phenoxy) is 1. The number of fused-ring (bicyclic) bond motifs is 2. The van der Waals surface area contributed by atoms with Crippen molar-refractivity contribution in [1.29, 1.82) is 0 Å². The van der Waals surface area contributed by atoms with Crippen LogP contribution in [0.2, 0.25) is 0 Å². The number of ketones is 2. The van der Waals surface area contributed by atoms with E-state index in [2.05, 4.69) is 0 Å².